The molecular formula is C12H21N3O3S. The maximum absolute atomic E-state index is 12.1. The fourth-order valence-electron chi connectivity index (χ4n) is 1.70. The molecule has 0 amide bonds. The van der Waals surface area contributed by atoms with Crippen LogP contribution in [0.25, 0.3) is 0 Å². The van der Waals surface area contributed by atoms with Crippen LogP contribution in [0.3, 0.4) is 0 Å². The van der Waals surface area contributed by atoms with E-state index in [-0.39, 0.29) is 11.1 Å². The molecule has 0 bridgehead atoms. The molecule has 19 heavy (non-hydrogen) atoms. The highest BCUT2D eigenvalue weighted by Crippen LogP contribution is 2.09. The minimum absolute atomic E-state index is 0.00176. The molecule has 1 atom stereocenters. The number of rotatable bonds is 8. The van der Waals surface area contributed by atoms with Crippen LogP contribution in [-0.4, -0.2) is 33.2 Å². The van der Waals surface area contributed by atoms with Crippen molar-refractivity contribution < 1.29 is 13.2 Å². The molecule has 6 nitrogen and oxygen atoms in total. The second-order valence-corrected chi connectivity index (χ2v) is 5.93. The lowest BCUT2D eigenvalue weighted by Crippen LogP contribution is -2.38. The van der Waals surface area contributed by atoms with Gasteiger partial charge in [0.2, 0.25) is 0 Å². The molecule has 3 N–H and O–H groups in total. The van der Waals surface area contributed by atoms with Crippen LogP contribution in [0, 0.1) is 0 Å². The number of hydrogen-bond acceptors (Lipinski definition) is 5. The molecule has 0 aromatic carbocycles. The predicted molar refractivity (Wildman–Crippen MR) is 73.0 cm³/mol. The van der Waals surface area contributed by atoms with Crippen molar-refractivity contribution in [3.8, 4) is 0 Å². The largest absolute Gasteiger partial charge is 0.383 e. The van der Waals surface area contributed by atoms with Gasteiger partial charge in [-0.1, -0.05) is 19.4 Å². The summed E-state index contributed by atoms with van der Waals surface area (Å²) in [5.74, 6) is 0. The van der Waals surface area contributed by atoms with E-state index in [0.29, 0.717) is 19.6 Å². The van der Waals surface area contributed by atoms with E-state index in [1.54, 1.807) is 13.2 Å². The fourth-order valence-corrected chi connectivity index (χ4v) is 2.88. The summed E-state index contributed by atoms with van der Waals surface area (Å²) in [5.41, 5.74) is 6.24. The standard InChI is InChI=1S/C12H21N3O3S/c1-3-4-11(9-18-2)15-19(16,17)12-6-5-10(7-13)8-14-12/h5-6,8,11,15H,3-4,7,9,13H2,1-2H3. The van der Waals surface area contributed by atoms with Crippen molar-refractivity contribution in [1.82, 2.24) is 9.71 Å². The number of hydrogen-bond donors (Lipinski definition) is 2. The molecule has 0 spiro atoms. The normalized spacial score (nSPS) is 13.4. The Labute approximate surface area is 114 Å². The monoisotopic (exact) mass is 287 g/mol. The minimum Gasteiger partial charge on any atom is -0.383 e. The van der Waals surface area contributed by atoms with Crippen molar-refractivity contribution in [2.75, 3.05) is 13.7 Å². The molecule has 0 aliphatic heterocycles. The third-order valence-corrected chi connectivity index (χ3v) is 4.07. The molecule has 108 valence electrons. The molecule has 1 aromatic rings. The molecule has 0 saturated heterocycles. The van der Waals surface area contributed by atoms with Gasteiger partial charge in [-0.15, -0.1) is 0 Å². The van der Waals surface area contributed by atoms with Gasteiger partial charge in [0.25, 0.3) is 10.0 Å². The van der Waals surface area contributed by atoms with Crippen molar-refractivity contribution in [3.05, 3.63) is 23.9 Å². The molecule has 1 unspecified atom stereocenters. The third kappa shape index (κ3) is 4.87. The zero-order valence-electron chi connectivity index (χ0n) is 11.3. The average molecular weight is 287 g/mol. The number of pyridine rings is 1. The number of ether oxygens (including phenoxy) is 1. The number of aromatic nitrogens is 1. The van der Waals surface area contributed by atoms with Gasteiger partial charge in [-0.3, -0.25) is 0 Å². The van der Waals surface area contributed by atoms with Gasteiger partial charge in [0.15, 0.2) is 5.03 Å². The van der Waals surface area contributed by atoms with E-state index in [2.05, 4.69) is 9.71 Å². The van der Waals surface area contributed by atoms with E-state index in [1.807, 2.05) is 6.92 Å². The number of nitrogens with two attached hydrogens (primary N) is 1. The van der Waals surface area contributed by atoms with Gasteiger partial charge in [0, 0.05) is 25.9 Å². The highest BCUT2D eigenvalue weighted by molar-refractivity contribution is 7.89. The van der Waals surface area contributed by atoms with Crippen LogP contribution in [0.15, 0.2) is 23.4 Å². The van der Waals surface area contributed by atoms with E-state index in [9.17, 15) is 8.42 Å². The van der Waals surface area contributed by atoms with E-state index >= 15 is 0 Å². The van der Waals surface area contributed by atoms with Crippen LogP contribution in [0.4, 0.5) is 0 Å². The first-order chi connectivity index (χ1) is 9.03. The Morgan fingerprint density at radius 2 is 2.21 bits per heavy atom. The second kappa shape index (κ2) is 7.54. The van der Waals surface area contributed by atoms with E-state index in [4.69, 9.17) is 10.5 Å². The summed E-state index contributed by atoms with van der Waals surface area (Å²) in [6.07, 6.45) is 3.06. The van der Waals surface area contributed by atoms with Crippen molar-refractivity contribution in [2.45, 2.75) is 37.4 Å². The maximum atomic E-state index is 12.1. The Balaban J connectivity index is 2.83. The van der Waals surface area contributed by atoms with Crippen molar-refractivity contribution in [1.29, 1.82) is 0 Å². The van der Waals surface area contributed by atoms with Gasteiger partial charge < -0.3 is 10.5 Å². The lowest BCUT2D eigenvalue weighted by Gasteiger charge is -2.16. The second-order valence-electron chi connectivity index (χ2n) is 4.27. The third-order valence-electron chi connectivity index (χ3n) is 2.64. The number of nitrogens with zero attached hydrogens (tertiary/aromatic N) is 1. The van der Waals surface area contributed by atoms with Gasteiger partial charge >= 0.3 is 0 Å². The summed E-state index contributed by atoms with van der Waals surface area (Å²) in [4.78, 5) is 3.92. The maximum Gasteiger partial charge on any atom is 0.258 e. The highest BCUT2D eigenvalue weighted by atomic mass is 32.2. The van der Waals surface area contributed by atoms with Gasteiger partial charge in [0.1, 0.15) is 0 Å². The summed E-state index contributed by atoms with van der Waals surface area (Å²) in [5, 5.41) is 0.00176. The lowest BCUT2D eigenvalue weighted by atomic mass is 10.2. The first-order valence-electron chi connectivity index (χ1n) is 6.19. The number of sulfonamides is 1. The molecule has 0 aliphatic rings. The van der Waals surface area contributed by atoms with Gasteiger partial charge in [-0.05, 0) is 18.1 Å². The van der Waals surface area contributed by atoms with E-state index < -0.39 is 10.0 Å². The summed E-state index contributed by atoms with van der Waals surface area (Å²) >= 11 is 0. The molecule has 1 heterocycles. The number of nitrogens with one attached hydrogen (secondary N) is 1. The fraction of sp³-hybridized carbons (Fsp3) is 0.583. The number of methoxy groups -OCH3 is 1. The minimum atomic E-state index is -3.61. The van der Waals surface area contributed by atoms with Crippen molar-refractivity contribution >= 4 is 10.0 Å². The predicted octanol–water partition coefficient (Wildman–Crippen LogP) is 0.634. The van der Waals surface area contributed by atoms with E-state index in [0.717, 1.165) is 12.0 Å². The average Bonchev–Trinajstić information content (AvgIpc) is 2.39. The molecule has 1 rings (SSSR count). The van der Waals surface area contributed by atoms with Gasteiger partial charge in [-0.25, -0.2) is 18.1 Å². The zero-order valence-corrected chi connectivity index (χ0v) is 12.1. The smallest absolute Gasteiger partial charge is 0.258 e. The topological polar surface area (TPSA) is 94.3 Å². The van der Waals surface area contributed by atoms with Crippen LogP contribution >= 0.6 is 0 Å². The summed E-state index contributed by atoms with van der Waals surface area (Å²) in [7, 11) is -2.06. The van der Waals surface area contributed by atoms with Crippen LogP contribution < -0.4 is 10.5 Å². The Kier molecular flexibility index (Phi) is 6.36. The van der Waals surface area contributed by atoms with Gasteiger partial charge in [0.05, 0.1) is 6.61 Å². The molecule has 1 aromatic heterocycles. The summed E-state index contributed by atoms with van der Waals surface area (Å²) < 4.78 is 31.9. The SMILES string of the molecule is CCCC(COC)NS(=O)(=O)c1ccc(CN)cn1. The molecule has 7 heteroatoms. The first-order valence-corrected chi connectivity index (χ1v) is 7.68. The van der Waals surface area contributed by atoms with Crippen LogP contribution in [-0.2, 0) is 21.3 Å². The van der Waals surface area contributed by atoms with Crippen LogP contribution in [0.1, 0.15) is 25.3 Å². The summed E-state index contributed by atoms with van der Waals surface area (Å²) in [6.45, 7) is 2.67. The quantitative estimate of drug-likeness (QED) is 0.731. The van der Waals surface area contributed by atoms with Crippen LogP contribution in [0.2, 0.25) is 0 Å². The zero-order chi connectivity index (χ0) is 14.3. The Morgan fingerprint density at radius 3 is 2.68 bits per heavy atom. The highest BCUT2D eigenvalue weighted by Gasteiger charge is 2.20. The molecular weight excluding hydrogens is 266 g/mol. The van der Waals surface area contributed by atoms with Gasteiger partial charge in [-0.2, -0.15) is 0 Å². The molecule has 0 saturated carbocycles. The van der Waals surface area contributed by atoms with Crippen molar-refractivity contribution in [3.63, 3.8) is 0 Å². The van der Waals surface area contributed by atoms with E-state index in [1.165, 1.54) is 12.3 Å². The Morgan fingerprint density at radius 1 is 1.47 bits per heavy atom. The van der Waals surface area contributed by atoms with Crippen molar-refractivity contribution in [2.24, 2.45) is 5.73 Å². The van der Waals surface area contributed by atoms with Crippen LogP contribution in [0.5, 0.6) is 0 Å². The Hall–Kier alpha value is -1.02. The summed E-state index contributed by atoms with van der Waals surface area (Å²) in [6, 6.07) is 2.88. The first kappa shape index (κ1) is 16.0. The molecule has 0 aliphatic carbocycles. The molecule has 0 radical (unpaired) electrons. The Bertz CT molecular complexity index is 467. The lowest BCUT2D eigenvalue weighted by molar-refractivity contribution is 0.171. The molecule has 0 fully saturated rings.